The minimum atomic E-state index is -0.224. The second kappa shape index (κ2) is 6.64. The summed E-state index contributed by atoms with van der Waals surface area (Å²) in [5.74, 6) is 0.795. The van der Waals surface area contributed by atoms with E-state index in [2.05, 4.69) is 0 Å². The number of ether oxygens (including phenoxy) is 2. The third kappa shape index (κ3) is 2.86. The largest absolute Gasteiger partial charge is 0.493 e. The molecule has 5 heteroatoms. The number of carbonyl (C=O) groups is 1. The van der Waals surface area contributed by atoms with Crippen molar-refractivity contribution < 1.29 is 14.3 Å². The van der Waals surface area contributed by atoms with Crippen LogP contribution in [0.15, 0.2) is 36.4 Å². The van der Waals surface area contributed by atoms with E-state index >= 15 is 0 Å². The van der Waals surface area contributed by atoms with Gasteiger partial charge in [-0.3, -0.25) is 4.79 Å². The van der Waals surface area contributed by atoms with E-state index in [0.29, 0.717) is 33.9 Å². The van der Waals surface area contributed by atoms with Gasteiger partial charge in [0.05, 0.1) is 26.7 Å². The Labute approximate surface area is 128 Å². The summed E-state index contributed by atoms with van der Waals surface area (Å²) in [6.45, 7) is 0. The molecule has 0 aliphatic rings. The molecular weight excluding hydrogens is 280 g/mol. The smallest absolute Gasteiger partial charge is 0.195 e. The van der Waals surface area contributed by atoms with Crippen LogP contribution in [-0.4, -0.2) is 20.0 Å². The molecule has 0 bridgehead atoms. The van der Waals surface area contributed by atoms with E-state index in [-0.39, 0.29) is 12.2 Å². The lowest BCUT2D eigenvalue weighted by atomic mass is 9.97. The van der Waals surface area contributed by atoms with Gasteiger partial charge in [0.25, 0.3) is 0 Å². The van der Waals surface area contributed by atoms with E-state index < -0.39 is 0 Å². The fourth-order valence-electron chi connectivity index (χ4n) is 2.18. The van der Waals surface area contributed by atoms with Crippen molar-refractivity contribution in [2.75, 3.05) is 20.0 Å². The maximum Gasteiger partial charge on any atom is 0.195 e. The molecule has 0 saturated heterocycles. The Kier molecular flexibility index (Phi) is 4.64. The number of anilines is 1. The Bertz CT molecular complexity index is 748. The number of methoxy groups -OCH3 is 2. The van der Waals surface area contributed by atoms with Crippen LogP contribution in [0.4, 0.5) is 5.69 Å². The van der Waals surface area contributed by atoms with E-state index in [1.165, 1.54) is 14.2 Å². The first kappa shape index (κ1) is 15.4. The van der Waals surface area contributed by atoms with Gasteiger partial charge in [-0.25, -0.2) is 0 Å². The highest BCUT2D eigenvalue weighted by Gasteiger charge is 2.16. The van der Waals surface area contributed by atoms with Crippen molar-refractivity contribution in [2.45, 2.75) is 6.42 Å². The summed E-state index contributed by atoms with van der Waals surface area (Å²) in [5, 5.41) is 8.80. The zero-order chi connectivity index (χ0) is 16.1. The number of hydrogen-bond acceptors (Lipinski definition) is 5. The number of nitrogen functional groups attached to an aromatic ring is 1. The van der Waals surface area contributed by atoms with Crippen molar-refractivity contribution >= 4 is 11.5 Å². The van der Waals surface area contributed by atoms with Crippen molar-refractivity contribution in [2.24, 2.45) is 0 Å². The van der Waals surface area contributed by atoms with Crippen LogP contribution in [0.3, 0.4) is 0 Å². The number of benzene rings is 2. The van der Waals surface area contributed by atoms with Crippen LogP contribution in [-0.2, 0) is 6.42 Å². The Morgan fingerprint density at radius 1 is 1.18 bits per heavy atom. The van der Waals surface area contributed by atoms with Crippen LogP contribution in [0.5, 0.6) is 11.5 Å². The van der Waals surface area contributed by atoms with Crippen molar-refractivity contribution in [3.63, 3.8) is 0 Å². The molecule has 112 valence electrons. The number of nitrogens with zero attached hydrogens (tertiary/aromatic N) is 1. The maximum atomic E-state index is 12.6. The first-order chi connectivity index (χ1) is 10.6. The van der Waals surface area contributed by atoms with E-state index in [9.17, 15) is 4.79 Å². The van der Waals surface area contributed by atoms with Gasteiger partial charge in [0.1, 0.15) is 0 Å². The summed E-state index contributed by atoms with van der Waals surface area (Å²) in [6, 6.07) is 12.1. The molecule has 2 aromatic carbocycles. The van der Waals surface area contributed by atoms with Crippen molar-refractivity contribution in [1.29, 1.82) is 5.26 Å². The maximum absolute atomic E-state index is 12.6. The highest BCUT2D eigenvalue weighted by Crippen LogP contribution is 2.29. The van der Waals surface area contributed by atoms with Crippen LogP contribution in [0.2, 0.25) is 0 Å². The highest BCUT2D eigenvalue weighted by atomic mass is 16.5. The first-order valence-electron chi connectivity index (χ1n) is 6.63. The number of rotatable bonds is 5. The summed E-state index contributed by atoms with van der Waals surface area (Å²) in [6.07, 6.45) is 0.166. The lowest BCUT2D eigenvalue weighted by Gasteiger charge is -2.11. The van der Waals surface area contributed by atoms with Crippen molar-refractivity contribution in [1.82, 2.24) is 0 Å². The summed E-state index contributed by atoms with van der Waals surface area (Å²) >= 11 is 0. The third-order valence-electron chi connectivity index (χ3n) is 3.36. The van der Waals surface area contributed by atoms with Crippen molar-refractivity contribution in [3.8, 4) is 17.6 Å². The number of hydrogen-bond donors (Lipinski definition) is 1. The van der Waals surface area contributed by atoms with Gasteiger partial charge in [-0.1, -0.05) is 12.1 Å². The average molecular weight is 296 g/mol. The van der Waals surface area contributed by atoms with Crippen molar-refractivity contribution in [3.05, 3.63) is 53.1 Å². The van der Waals surface area contributed by atoms with Crippen LogP contribution < -0.4 is 15.2 Å². The Morgan fingerprint density at radius 3 is 2.55 bits per heavy atom. The number of carbonyl (C=O) groups excluding carboxylic acids is 1. The molecule has 0 atom stereocenters. The summed E-state index contributed by atoms with van der Waals surface area (Å²) < 4.78 is 10.4. The van der Waals surface area contributed by atoms with Gasteiger partial charge in [-0.15, -0.1) is 0 Å². The highest BCUT2D eigenvalue weighted by molar-refractivity contribution is 6.12. The molecule has 0 aliphatic carbocycles. The lowest BCUT2D eigenvalue weighted by Crippen LogP contribution is -2.08. The van der Waals surface area contributed by atoms with Gasteiger partial charge in [-0.2, -0.15) is 5.26 Å². The lowest BCUT2D eigenvalue weighted by molar-refractivity contribution is 0.103. The Hall–Kier alpha value is -3.00. The average Bonchev–Trinajstić information content (AvgIpc) is 2.55. The fourth-order valence-corrected chi connectivity index (χ4v) is 2.18. The minimum absolute atomic E-state index is 0.166. The molecular formula is C17H16N2O3. The van der Waals surface area contributed by atoms with Crippen LogP contribution in [0.1, 0.15) is 21.5 Å². The second-order valence-electron chi connectivity index (χ2n) is 4.61. The number of nitrogens with two attached hydrogens (primary N) is 1. The zero-order valence-electron chi connectivity index (χ0n) is 12.4. The quantitative estimate of drug-likeness (QED) is 0.677. The van der Waals surface area contributed by atoms with Crippen LogP contribution in [0.25, 0.3) is 0 Å². The summed E-state index contributed by atoms with van der Waals surface area (Å²) in [5.41, 5.74) is 7.81. The van der Waals surface area contributed by atoms with E-state index in [1.54, 1.807) is 36.4 Å². The SMILES string of the molecule is COc1ccc(C(=O)c2cccc(CC#N)c2N)cc1OC. The van der Waals surface area contributed by atoms with E-state index in [0.717, 1.165) is 0 Å². The molecule has 2 N–H and O–H groups in total. The molecule has 0 aliphatic heterocycles. The predicted molar refractivity (Wildman–Crippen MR) is 83.1 cm³/mol. The van der Waals surface area contributed by atoms with Crippen LogP contribution in [0, 0.1) is 11.3 Å². The molecule has 0 amide bonds. The molecule has 0 fully saturated rings. The van der Waals surface area contributed by atoms with Gasteiger partial charge in [0.15, 0.2) is 17.3 Å². The van der Waals surface area contributed by atoms with Gasteiger partial charge in [0.2, 0.25) is 0 Å². The van der Waals surface area contributed by atoms with Gasteiger partial charge in [-0.05, 0) is 29.8 Å². The van der Waals surface area contributed by atoms with Gasteiger partial charge >= 0.3 is 0 Å². The van der Waals surface area contributed by atoms with Gasteiger partial charge in [0, 0.05) is 16.8 Å². The molecule has 0 unspecified atom stereocenters. The molecule has 0 spiro atoms. The third-order valence-corrected chi connectivity index (χ3v) is 3.36. The molecule has 0 aromatic heterocycles. The Morgan fingerprint density at radius 2 is 1.91 bits per heavy atom. The zero-order valence-corrected chi connectivity index (χ0v) is 12.4. The number of para-hydroxylation sites is 1. The van der Waals surface area contributed by atoms with E-state index in [1.807, 2.05) is 6.07 Å². The summed E-state index contributed by atoms with van der Waals surface area (Å²) in [4.78, 5) is 12.6. The van der Waals surface area contributed by atoms with Crippen LogP contribution >= 0.6 is 0 Å². The molecule has 0 heterocycles. The summed E-state index contributed by atoms with van der Waals surface area (Å²) in [7, 11) is 3.04. The second-order valence-corrected chi connectivity index (χ2v) is 4.61. The normalized spacial score (nSPS) is 9.86. The molecule has 0 saturated carbocycles. The molecule has 22 heavy (non-hydrogen) atoms. The fraction of sp³-hybridized carbons (Fsp3) is 0.176. The standard InChI is InChI=1S/C17H16N2O3/c1-21-14-7-6-12(10-15(14)22-2)17(20)13-5-3-4-11(8-9-18)16(13)19/h3-7,10H,8,19H2,1-2H3. The molecule has 5 nitrogen and oxygen atoms in total. The molecule has 2 rings (SSSR count). The monoisotopic (exact) mass is 296 g/mol. The molecule has 2 aromatic rings. The first-order valence-corrected chi connectivity index (χ1v) is 6.63. The minimum Gasteiger partial charge on any atom is -0.493 e. The predicted octanol–water partition coefficient (Wildman–Crippen LogP) is 2.58. The molecule has 0 radical (unpaired) electrons. The van der Waals surface area contributed by atoms with E-state index in [4.69, 9.17) is 20.5 Å². The van der Waals surface area contributed by atoms with Gasteiger partial charge < -0.3 is 15.2 Å². The number of ketones is 1. The topological polar surface area (TPSA) is 85.3 Å². The number of nitriles is 1. The Balaban J connectivity index is 2.45.